The number of benzene rings is 1. The monoisotopic (exact) mass is 350 g/mol. The van der Waals surface area contributed by atoms with Crippen LogP contribution in [0, 0.1) is 23.6 Å². The average molecular weight is 351 g/mol. The van der Waals surface area contributed by atoms with E-state index in [1.54, 1.807) is 6.07 Å². The van der Waals surface area contributed by atoms with E-state index in [2.05, 4.69) is 10.6 Å². The lowest BCUT2D eigenvalue weighted by Gasteiger charge is -2.57. The molecule has 3 nitrogen and oxygen atoms in total. The third kappa shape index (κ3) is 3.01. The van der Waals surface area contributed by atoms with Gasteiger partial charge in [-0.05, 0) is 81.4 Å². The fourth-order valence-corrected chi connectivity index (χ4v) is 5.72. The van der Waals surface area contributed by atoms with Crippen molar-refractivity contribution >= 4 is 23.2 Å². The molecule has 1 atom stereocenters. The second-order valence-electron chi connectivity index (χ2n) is 8.18. The molecule has 4 bridgehead atoms. The molecule has 2 N–H and O–H groups in total. The number of amides is 1. The van der Waals surface area contributed by atoms with E-state index in [9.17, 15) is 9.18 Å². The summed E-state index contributed by atoms with van der Waals surface area (Å²) >= 11 is 5.81. The minimum Gasteiger partial charge on any atom is -0.374 e. The van der Waals surface area contributed by atoms with Crippen molar-refractivity contribution in [3.63, 3.8) is 0 Å². The Morgan fingerprint density at radius 1 is 1.21 bits per heavy atom. The van der Waals surface area contributed by atoms with Gasteiger partial charge in [-0.3, -0.25) is 4.79 Å². The Balaban J connectivity index is 1.41. The van der Waals surface area contributed by atoms with Gasteiger partial charge in [-0.15, -0.1) is 0 Å². The lowest BCUT2D eigenvalue weighted by molar-refractivity contribution is -0.127. The highest BCUT2D eigenvalue weighted by Gasteiger charge is 2.51. The van der Waals surface area contributed by atoms with E-state index in [0.717, 1.165) is 37.0 Å². The zero-order chi connectivity index (χ0) is 16.9. The third-order valence-corrected chi connectivity index (χ3v) is 6.41. The predicted octanol–water partition coefficient (Wildman–Crippen LogP) is 4.36. The van der Waals surface area contributed by atoms with Gasteiger partial charge in [0.25, 0.3) is 0 Å². The molecule has 24 heavy (non-hydrogen) atoms. The third-order valence-electron chi connectivity index (χ3n) is 6.12. The quantitative estimate of drug-likeness (QED) is 0.846. The molecule has 1 aromatic rings. The molecule has 5 rings (SSSR count). The first kappa shape index (κ1) is 16.2. The molecule has 4 saturated carbocycles. The number of carbonyl (C=O) groups excluding carboxylic acids is 1. The van der Waals surface area contributed by atoms with Crippen molar-refractivity contribution in [1.29, 1.82) is 0 Å². The SMILES string of the molecule is C[C@@H](Nc1ccc(F)c(Cl)c1)C(=O)NC12CC3CC(CC(C3)C1)C2. The topological polar surface area (TPSA) is 41.1 Å². The van der Waals surface area contributed by atoms with Crippen LogP contribution in [-0.4, -0.2) is 17.5 Å². The molecule has 4 fully saturated rings. The number of halogens is 2. The minimum absolute atomic E-state index is 0.0161. The van der Waals surface area contributed by atoms with Gasteiger partial charge >= 0.3 is 0 Å². The molecule has 1 aromatic carbocycles. The summed E-state index contributed by atoms with van der Waals surface area (Å²) in [6.45, 7) is 1.84. The van der Waals surface area contributed by atoms with E-state index in [-0.39, 0.29) is 22.5 Å². The fourth-order valence-electron chi connectivity index (χ4n) is 5.53. The zero-order valence-corrected chi connectivity index (χ0v) is 14.7. The molecule has 1 amide bonds. The molecule has 130 valence electrons. The minimum atomic E-state index is -0.451. The summed E-state index contributed by atoms with van der Waals surface area (Å²) in [5, 5.41) is 6.55. The summed E-state index contributed by atoms with van der Waals surface area (Å²) in [5.74, 6) is 1.98. The van der Waals surface area contributed by atoms with E-state index >= 15 is 0 Å². The van der Waals surface area contributed by atoms with Crippen LogP contribution in [0.4, 0.5) is 10.1 Å². The van der Waals surface area contributed by atoms with E-state index in [4.69, 9.17) is 11.6 Å². The Hall–Kier alpha value is -1.29. The maximum absolute atomic E-state index is 13.2. The highest BCUT2D eigenvalue weighted by molar-refractivity contribution is 6.31. The van der Waals surface area contributed by atoms with Crippen LogP contribution in [0.1, 0.15) is 45.4 Å². The number of nitrogens with one attached hydrogen (secondary N) is 2. The van der Waals surface area contributed by atoms with Gasteiger partial charge in [0.05, 0.1) is 5.02 Å². The Labute approximate surface area is 147 Å². The van der Waals surface area contributed by atoms with Gasteiger partial charge < -0.3 is 10.6 Å². The number of anilines is 1. The number of hydrogen-bond acceptors (Lipinski definition) is 2. The number of hydrogen-bond donors (Lipinski definition) is 2. The molecule has 4 aliphatic rings. The van der Waals surface area contributed by atoms with Crippen molar-refractivity contribution in [2.24, 2.45) is 17.8 Å². The van der Waals surface area contributed by atoms with E-state index in [1.165, 1.54) is 31.4 Å². The molecule has 0 spiro atoms. The van der Waals surface area contributed by atoms with Crippen LogP contribution in [0.5, 0.6) is 0 Å². The van der Waals surface area contributed by atoms with Crippen LogP contribution in [0.15, 0.2) is 18.2 Å². The molecule has 0 saturated heterocycles. The predicted molar refractivity (Wildman–Crippen MR) is 93.5 cm³/mol. The lowest BCUT2D eigenvalue weighted by atomic mass is 9.53. The van der Waals surface area contributed by atoms with Crippen molar-refractivity contribution in [1.82, 2.24) is 5.32 Å². The maximum atomic E-state index is 13.2. The van der Waals surface area contributed by atoms with Crippen LogP contribution in [0.2, 0.25) is 5.02 Å². The molecular formula is C19H24ClFN2O. The van der Waals surface area contributed by atoms with Gasteiger partial charge in [0, 0.05) is 11.2 Å². The van der Waals surface area contributed by atoms with Crippen molar-refractivity contribution in [3.05, 3.63) is 29.0 Å². The maximum Gasteiger partial charge on any atom is 0.242 e. The summed E-state index contributed by atoms with van der Waals surface area (Å²) in [6.07, 6.45) is 7.49. The molecule has 0 aliphatic heterocycles. The molecule has 0 aromatic heterocycles. The molecule has 0 heterocycles. The molecule has 5 heteroatoms. The largest absolute Gasteiger partial charge is 0.374 e. The van der Waals surface area contributed by atoms with Gasteiger partial charge in [-0.2, -0.15) is 0 Å². The summed E-state index contributed by atoms with van der Waals surface area (Å²) in [4.78, 5) is 12.7. The van der Waals surface area contributed by atoms with E-state index in [0.29, 0.717) is 5.69 Å². The molecule has 4 aliphatic carbocycles. The van der Waals surface area contributed by atoms with Gasteiger partial charge in [0.15, 0.2) is 0 Å². The molecular weight excluding hydrogens is 327 g/mol. The standard InChI is InChI=1S/C19H24ClFN2O/c1-11(22-15-2-3-17(21)16(20)7-15)18(24)23-19-8-12-4-13(9-19)6-14(5-12)10-19/h2-3,7,11-14,22H,4-6,8-10H2,1H3,(H,23,24)/t11-,12?,13?,14?,19?/m1/s1. The lowest BCUT2D eigenvalue weighted by Crippen LogP contribution is -2.61. The van der Waals surface area contributed by atoms with Crippen LogP contribution >= 0.6 is 11.6 Å². The Kier molecular flexibility index (Phi) is 3.98. The van der Waals surface area contributed by atoms with Gasteiger partial charge in [-0.1, -0.05) is 11.6 Å². The normalized spacial score (nSPS) is 34.9. The first-order chi connectivity index (χ1) is 11.4. The van der Waals surface area contributed by atoms with Crippen molar-refractivity contribution in [3.8, 4) is 0 Å². The van der Waals surface area contributed by atoms with E-state index < -0.39 is 5.82 Å². The van der Waals surface area contributed by atoms with Gasteiger partial charge in [0.2, 0.25) is 5.91 Å². The second kappa shape index (κ2) is 5.91. The summed E-state index contributed by atoms with van der Waals surface area (Å²) in [7, 11) is 0. The first-order valence-corrected chi connectivity index (χ1v) is 9.34. The highest BCUT2D eigenvalue weighted by Crippen LogP contribution is 2.55. The summed E-state index contributed by atoms with van der Waals surface area (Å²) < 4.78 is 13.2. The van der Waals surface area contributed by atoms with Crippen molar-refractivity contribution in [2.45, 2.75) is 57.0 Å². The molecule has 0 unspecified atom stereocenters. The van der Waals surface area contributed by atoms with Crippen LogP contribution in [0.25, 0.3) is 0 Å². The highest BCUT2D eigenvalue weighted by atomic mass is 35.5. The van der Waals surface area contributed by atoms with Crippen molar-refractivity contribution in [2.75, 3.05) is 5.32 Å². The molecule has 0 radical (unpaired) electrons. The Bertz CT molecular complexity index is 627. The average Bonchev–Trinajstić information content (AvgIpc) is 2.49. The van der Waals surface area contributed by atoms with Crippen LogP contribution in [-0.2, 0) is 4.79 Å². The summed E-state index contributed by atoms with van der Waals surface area (Å²) in [6, 6.07) is 4.06. The number of rotatable bonds is 4. The second-order valence-corrected chi connectivity index (χ2v) is 8.59. The fraction of sp³-hybridized carbons (Fsp3) is 0.632. The smallest absolute Gasteiger partial charge is 0.242 e. The van der Waals surface area contributed by atoms with Crippen LogP contribution < -0.4 is 10.6 Å². The number of carbonyl (C=O) groups is 1. The van der Waals surface area contributed by atoms with Gasteiger partial charge in [0.1, 0.15) is 11.9 Å². The Morgan fingerprint density at radius 2 is 1.79 bits per heavy atom. The van der Waals surface area contributed by atoms with E-state index in [1.807, 2.05) is 6.92 Å². The first-order valence-electron chi connectivity index (χ1n) is 8.96. The summed E-state index contributed by atoms with van der Waals surface area (Å²) in [5.41, 5.74) is 0.678. The van der Waals surface area contributed by atoms with Crippen LogP contribution in [0.3, 0.4) is 0 Å². The Morgan fingerprint density at radius 3 is 2.33 bits per heavy atom. The van der Waals surface area contributed by atoms with Gasteiger partial charge in [-0.25, -0.2) is 4.39 Å². The van der Waals surface area contributed by atoms with Crippen molar-refractivity contribution < 1.29 is 9.18 Å². The zero-order valence-electron chi connectivity index (χ0n) is 13.9.